The molecule has 0 heterocycles. The van der Waals surface area contributed by atoms with E-state index in [2.05, 4.69) is 15.9 Å². The Morgan fingerprint density at radius 3 is 2.64 bits per heavy atom. The second-order valence-corrected chi connectivity index (χ2v) is 3.98. The van der Waals surface area contributed by atoms with E-state index in [-0.39, 0.29) is 0 Å². The Bertz CT molecular complexity index is 315. The smallest absolute Gasteiger partial charge is 0.137 e. The Balaban J connectivity index is 3.13. The van der Waals surface area contributed by atoms with Crippen molar-refractivity contribution in [3.63, 3.8) is 0 Å². The van der Waals surface area contributed by atoms with Crippen molar-refractivity contribution in [1.82, 2.24) is 0 Å². The van der Waals surface area contributed by atoms with Crippen LogP contribution in [0.1, 0.15) is 18.5 Å². The summed E-state index contributed by atoms with van der Waals surface area (Å²) in [6.07, 6.45) is -0.599. The van der Waals surface area contributed by atoms with Crippen LogP contribution in [-0.4, -0.2) is 18.3 Å². The summed E-state index contributed by atoms with van der Waals surface area (Å²) in [5.41, 5.74) is 6.63. The number of aliphatic hydroxyl groups is 1. The van der Waals surface area contributed by atoms with E-state index in [0.29, 0.717) is 5.75 Å². The van der Waals surface area contributed by atoms with Gasteiger partial charge in [0.15, 0.2) is 0 Å². The number of nitrogens with two attached hydrogens (primary N) is 1. The fourth-order valence-electron chi connectivity index (χ4n) is 1.26. The van der Waals surface area contributed by atoms with Crippen LogP contribution in [0.4, 0.5) is 0 Å². The van der Waals surface area contributed by atoms with Gasteiger partial charge < -0.3 is 15.6 Å². The van der Waals surface area contributed by atoms with Crippen molar-refractivity contribution >= 4 is 15.9 Å². The first-order valence-electron chi connectivity index (χ1n) is 4.34. The number of ether oxygens (including phenoxy) is 1. The van der Waals surface area contributed by atoms with Gasteiger partial charge in [-0.2, -0.15) is 0 Å². The first kappa shape index (κ1) is 11.5. The van der Waals surface area contributed by atoms with Gasteiger partial charge in [-0.05, 0) is 28.9 Å². The molecule has 3 N–H and O–H groups in total. The Labute approximate surface area is 92.0 Å². The number of aliphatic hydroxyl groups excluding tert-OH is 1. The second-order valence-electron chi connectivity index (χ2n) is 3.13. The summed E-state index contributed by atoms with van der Waals surface area (Å²) in [5.74, 6) is 0.681. The molecule has 1 aromatic rings. The predicted molar refractivity (Wildman–Crippen MR) is 59.3 cm³/mol. The largest absolute Gasteiger partial charge is 0.495 e. The van der Waals surface area contributed by atoms with Crippen LogP contribution in [-0.2, 0) is 0 Å². The molecule has 0 amide bonds. The summed E-state index contributed by atoms with van der Waals surface area (Å²) in [6, 6.07) is 5.16. The molecule has 0 aliphatic carbocycles. The van der Waals surface area contributed by atoms with Crippen LogP contribution < -0.4 is 10.5 Å². The van der Waals surface area contributed by atoms with Crippen LogP contribution in [0, 0.1) is 0 Å². The van der Waals surface area contributed by atoms with Gasteiger partial charge >= 0.3 is 0 Å². The van der Waals surface area contributed by atoms with E-state index in [4.69, 9.17) is 10.5 Å². The number of hydrogen-bond donors (Lipinski definition) is 2. The van der Waals surface area contributed by atoms with Crippen LogP contribution in [0.15, 0.2) is 22.7 Å². The van der Waals surface area contributed by atoms with E-state index < -0.39 is 12.1 Å². The van der Waals surface area contributed by atoms with Gasteiger partial charge in [0.25, 0.3) is 0 Å². The number of rotatable bonds is 3. The van der Waals surface area contributed by atoms with Crippen molar-refractivity contribution in [2.75, 3.05) is 7.11 Å². The monoisotopic (exact) mass is 259 g/mol. The van der Waals surface area contributed by atoms with Gasteiger partial charge in [-0.15, -0.1) is 0 Å². The zero-order valence-corrected chi connectivity index (χ0v) is 9.78. The predicted octanol–water partition coefficient (Wildman–Crippen LogP) is 1.84. The maximum Gasteiger partial charge on any atom is 0.137 e. The highest BCUT2D eigenvalue weighted by Crippen LogP contribution is 2.32. The maximum absolute atomic E-state index is 9.39. The van der Waals surface area contributed by atoms with Crippen molar-refractivity contribution in [2.24, 2.45) is 5.73 Å². The van der Waals surface area contributed by atoms with Gasteiger partial charge in [-0.25, -0.2) is 0 Å². The fraction of sp³-hybridized carbons (Fsp3) is 0.400. The third-order valence-electron chi connectivity index (χ3n) is 2.08. The number of para-hydroxylation sites is 1. The second kappa shape index (κ2) is 4.77. The molecular weight excluding hydrogens is 246 g/mol. The minimum absolute atomic E-state index is 0.428. The lowest BCUT2D eigenvalue weighted by Gasteiger charge is -2.18. The van der Waals surface area contributed by atoms with Crippen molar-refractivity contribution in [2.45, 2.75) is 19.1 Å². The summed E-state index contributed by atoms with van der Waals surface area (Å²) in [7, 11) is 1.58. The lowest BCUT2D eigenvalue weighted by atomic mass is 10.0. The first-order valence-corrected chi connectivity index (χ1v) is 5.13. The van der Waals surface area contributed by atoms with Crippen molar-refractivity contribution < 1.29 is 9.84 Å². The molecule has 0 spiro atoms. The summed E-state index contributed by atoms with van der Waals surface area (Å²) in [4.78, 5) is 0. The molecule has 4 heteroatoms. The van der Waals surface area contributed by atoms with Crippen molar-refractivity contribution in [1.29, 1.82) is 0 Å². The molecule has 1 aromatic carbocycles. The van der Waals surface area contributed by atoms with Crippen LogP contribution in [0.3, 0.4) is 0 Å². The summed E-state index contributed by atoms with van der Waals surface area (Å²) < 4.78 is 6.05. The van der Waals surface area contributed by atoms with Crippen LogP contribution >= 0.6 is 15.9 Å². The molecule has 14 heavy (non-hydrogen) atoms. The van der Waals surface area contributed by atoms with E-state index in [1.165, 1.54) is 0 Å². The molecular formula is C10H14BrNO2. The zero-order valence-electron chi connectivity index (χ0n) is 8.20. The molecule has 3 nitrogen and oxygen atoms in total. The molecule has 0 radical (unpaired) electrons. The topological polar surface area (TPSA) is 55.5 Å². The minimum Gasteiger partial charge on any atom is -0.495 e. The van der Waals surface area contributed by atoms with Crippen LogP contribution in [0.25, 0.3) is 0 Å². The van der Waals surface area contributed by atoms with E-state index in [0.717, 1.165) is 10.0 Å². The normalized spacial score (nSPS) is 14.9. The Hall–Kier alpha value is -0.580. The number of benzene rings is 1. The van der Waals surface area contributed by atoms with Gasteiger partial charge in [-0.3, -0.25) is 0 Å². The Kier molecular flexibility index (Phi) is 3.92. The molecule has 0 fully saturated rings. The standard InChI is InChI=1S/C10H14BrNO2/c1-6(13)9(12)7-4-3-5-8(11)10(7)14-2/h3-6,9,13H,12H2,1-2H3/t6-,9-/m0/s1. The van der Waals surface area contributed by atoms with Gasteiger partial charge in [0, 0.05) is 5.56 Å². The Morgan fingerprint density at radius 2 is 2.14 bits per heavy atom. The maximum atomic E-state index is 9.39. The molecule has 1 rings (SSSR count). The molecule has 78 valence electrons. The number of methoxy groups -OCH3 is 1. The SMILES string of the molecule is COc1c(Br)cccc1[C@@H](N)[C@H](C)O. The third-order valence-corrected chi connectivity index (χ3v) is 2.70. The highest BCUT2D eigenvalue weighted by atomic mass is 79.9. The first-order chi connectivity index (χ1) is 6.57. The van der Waals surface area contributed by atoms with E-state index in [1.54, 1.807) is 14.0 Å². The summed E-state index contributed by atoms with van der Waals surface area (Å²) >= 11 is 3.36. The van der Waals surface area contributed by atoms with Gasteiger partial charge in [-0.1, -0.05) is 12.1 Å². The third kappa shape index (κ3) is 2.26. The molecule has 0 bridgehead atoms. The van der Waals surface area contributed by atoms with E-state index >= 15 is 0 Å². The van der Waals surface area contributed by atoms with E-state index in [1.807, 2.05) is 18.2 Å². The molecule has 0 aromatic heterocycles. The summed E-state index contributed by atoms with van der Waals surface area (Å²) in [6.45, 7) is 1.66. The molecule has 0 saturated heterocycles. The molecule has 0 unspecified atom stereocenters. The molecule has 0 saturated carbocycles. The summed E-state index contributed by atoms with van der Waals surface area (Å²) in [5, 5.41) is 9.39. The fourth-order valence-corrected chi connectivity index (χ4v) is 1.81. The zero-order chi connectivity index (χ0) is 10.7. The molecule has 2 atom stereocenters. The van der Waals surface area contributed by atoms with Crippen molar-refractivity contribution in [3.05, 3.63) is 28.2 Å². The lowest BCUT2D eigenvalue weighted by molar-refractivity contribution is 0.162. The lowest BCUT2D eigenvalue weighted by Crippen LogP contribution is -2.23. The minimum atomic E-state index is -0.599. The highest BCUT2D eigenvalue weighted by molar-refractivity contribution is 9.10. The van der Waals surface area contributed by atoms with Crippen LogP contribution in [0.5, 0.6) is 5.75 Å². The number of halogens is 1. The molecule has 0 aliphatic rings. The average molecular weight is 260 g/mol. The molecule has 0 aliphatic heterocycles. The highest BCUT2D eigenvalue weighted by Gasteiger charge is 2.17. The van der Waals surface area contributed by atoms with Crippen LogP contribution in [0.2, 0.25) is 0 Å². The van der Waals surface area contributed by atoms with Gasteiger partial charge in [0.1, 0.15) is 5.75 Å². The van der Waals surface area contributed by atoms with Gasteiger partial charge in [0.05, 0.1) is 23.7 Å². The van der Waals surface area contributed by atoms with Crippen molar-refractivity contribution in [3.8, 4) is 5.75 Å². The van der Waals surface area contributed by atoms with Gasteiger partial charge in [0.2, 0.25) is 0 Å². The number of hydrogen-bond acceptors (Lipinski definition) is 3. The average Bonchev–Trinajstić information content (AvgIpc) is 2.16. The Morgan fingerprint density at radius 1 is 1.50 bits per heavy atom. The van der Waals surface area contributed by atoms with E-state index in [9.17, 15) is 5.11 Å². The quantitative estimate of drug-likeness (QED) is 0.871.